The number of hydrogen-bond donors (Lipinski definition) is 1. The molecular weight excluding hydrogens is 400 g/mol. The van der Waals surface area contributed by atoms with E-state index < -0.39 is 0 Å². The first kappa shape index (κ1) is 19.5. The number of anilines is 1. The van der Waals surface area contributed by atoms with Gasteiger partial charge in [-0.3, -0.25) is 9.69 Å². The van der Waals surface area contributed by atoms with Gasteiger partial charge in [0.15, 0.2) is 0 Å². The largest absolute Gasteiger partial charge is 0.497 e. The minimum atomic E-state index is -0.0738. The first-order chi connectivity index (χ1) is 13.1. The molecule has 1 aromatic heterocycles. The van der Waals surface area contributed by atoms with E-state index in [2.05, 4.69) is 22.1 Å². The summed E-state index contributed by atoms with van der Waals surface area (Å²) in [6.07, 6.45) is 4.22. The number of carbonyl (C=O) groups excluding carboxylic acids is 1. The normalized spacial score (nSPS) is 15.4. The molecule has 9 heteroatoms. The van der Waals surface area contributed by atoms with E-state index in [1.165, 1.54) is 23.1 Å². The minimum Gasteiger partial charge on any atom is -0.497 e. The molecule has 1 amide bonds. The van der Waals surface area contributed by atoms with Gasteiger partial charge in [0.1, 0.15) is 15.1 Å². The number of hydrogen-bond acceptors (Lipinski definition) is 8. The van der Waals surface area contributed by atoms with Gasteiger partial charge in [-0.15, -0.1) is 16.8 Å². The number of carbonyl (C=O) groups is 1. The van der Waals surface area contributed by atoms with E-state index in [4.69, 9.17) is 17.0 Å². The number of nitrogens with zero attached hydrogens (tertiary/aromatic N) is 3. The first-order valence-corrected chi connectivity index (χ1v) is 10.2. The lowest BCUT2D eigenvalue weighted by atomic mass is 10.2. The fourth-order valence-corrected chi connectivity index (χ4v) is 4.38. The van der Waals surface area contributed by atoms with Crippen molar-refractivity contribution < 1.29 is 9.53 Å². The highest BCUT2D eigenvalue weighted by Gasteiger charge is 2.31. The molecule has 0 spiro atoms. The number of aromatic nitrogens is 2. The maximum atomic E-state index is 12.7. The molecule has 1 saturated heterocycles. The molecule has 140 valence electrons. The highest BCUT2D eigenvalue weighted by Crippen LogP contribution is 2.33. The number of ether oxygens (including phenoxy) is 1. The Labute approximate surface area is 171 Å². The highest BCUT2D eigenvalue weighted by molar-refractivity contribution is 8.26. The Morgan fingerprint density at radius 2 is 2.11 bits per heavy atom. The Hall–Kier alpha value is -2.23. The van der Waals surface area contributed by atoms with Crippen molar-refractivity contribution in [2.24, 2.45) is 0 Å². The van der Waals surface area contributed by atoms with Gasteiger partial charge in [-0.1, -0.05) is 53.5 Å². The van der Waals surface area contributed by atoms with E-state index in [9.17, 15) is 4.79 Å². The molecule has 6 nitrogen and oxygen atoms in total. The number of nitrogens with one attached hydrogen (secondary N) is 1. The molecule has 0 atom stereocenters. The summed E-state index contributed by atoms with van der Waals surface area (Å²) in [4.78, 5) is 14.9. The van der Waals surface area contributed by atoms with E-state index in [1.54, 1.807) is 18.1 Å². The molecule has 1 aliphatic heterocycles. The minimum absolute atomic E-state index is 0.0738. The number of thiocarbonyl (C=S) groups is 1. The second kappa shape index (κ2) is 9.12. The zero-order valence-corrected chi connectivity index (χ0v) is 17.1. The molecule has 0 radical (unpaired) electrons. The quantitative estimate of drug-likeness (QED) is 0.399. The molecule has 1 fully saturated rings. The first-order valence-electron chi connectivity index (χ1n) is 8.17. The van der Waals surface area contributed by atoms with Crippen LogP contribution >= 0.6 is 35.3 Å². The van der Waals surface area contributed by atoms with Crippen molar-refractivity contribution >= 4 is 56.8 Å². The zero-order chi connectivity index (χ0) is 19.2. The predicted molar refractivity (Wildman–Crippen MR) is 115 cm³/mol. The Bertz CT molecular complexity index is 877. The van der Waals surface area contributed by atoms with Gasteiger partial charge in [-0.05, 0) is 23.8 Å². The van der Waals surface area contributed by atoms with Crippen molar-refractivity contribution in [3.05, 3.63) is 52.4 Å². The van der Waals surface area contributed by atoms with Crippen LogP contribution in [0.3, 0.4) is 0 Å². The lowest BCUT2D eigenvalue weighted by molar-refractivity contribution is -0.122. The highest BCUT2D eigenvalue weighted by atomic mass is 32.2. The predicted octanol–water partition coefficient (Wildman–Crippen LogP) is 3.59. The maximum absolute atomic E-state index is 12.7. The van der Waals surface area contributed by atoms with Crippen LogP contribution in [0.25, 0.3) is 6.08 Å². The molecule has 2 heterocycles. The second-order valence-electron chi connectivity index (χ2n) is 5.53. The van der Waals surface area contributed by atoms with Crippen LogP contribution in [0.5, 0.6) is 5.75 Å². The molecule has 2 aromatic rings. The second-order valence-corrected chi connectivity index (χ2v) is 8.26. The summed E-state index contributed by atoms with van der Waals surface area (Å²) in [5, 5.41) is 12.9. The molecule has 1 aliphatic rings. The van der Waals surface area contributed by atoms with Crippen LogP contribution < -0.4 is 10.1 Å². The lowest BCUT2D eigenvalue weighted by Crippen LogP contribution is -2.30. The fraction of sp³-hybridized carbons (Fsp3) is 0.222. The average Bonchev–Trinajstić information content (AvgIpc) is 3.23. The molecule has 0 unspecified atom stereocenters. The van der Waals surface area contributed by atoms with E-state index in [-0.39, 0.29) is 5.91 Å². The Kier molecular flexibility index (Phi) is 6.59. The third kappa shape index (κ3) is 4.94. The Balaban J connectivity index is 1.62. The van der Waals surface area contributed by atoms with Gasteiger partial charge in [0.25, 0.3) is 5.91 Å². The van der Waals surface area contributed by atoms with Crippen LogP contribution in [-0.4, -0.2) is 45.5 Å². The van der Waals surface area contributed by atoms with Crippen molar-refractivity contribution in [2.75, 3.05) is 25.5 Å². The van der Waals surface area contributed by atoms with Crippen LogP contribution in [0.15, 0.2) is 41.8 Å². The van der Waals surface area contributed by atoms with E-state index in [0.29, 0.717) is 28.7 Å². The third-order valence-corrected chi connectivity index (χ3v) is 6.02. The molecule has 0 saturated carbocycles. The van der Waals surface area contributed by atoms with Crippen molar-refractivity contribution in [1.29, 1.82) is 0 Å². The van der Waals surface area contributed by atoms with Gasteiger partial charge in [0.05, 0.1) is 12.0 Å². The average molecular weight is 419 g/mol. The van der Waals surface area contributed by atoms with Crippen LogP contribution in [-0.2, 0) is 11.2 Å². The number of rotatable bonds is 8. The smallest absolute Gasteiger partial charge is 0.266 e. The summed E-state index contributed by atoms with van der Waals surface area (Å²) in [6, 6.07) is 7.54. The SMILES string of the molecule is C=CCNc1nnc(CCN2C(=O)C(=Cc3ccc(OC)cc3)SC2=S)s1. The Morgan fingerprint density at radius 1 is 1.33 bits per heavy atom. The summed E-state index contributed by atoms with van der Waals surface area (Å²) in [5.74, 6) is 0.703. The van der Waals surface area contributed by atoms with Gasteiger partial charge in [-0.2, -0.15) is 0 Å². The van der Waals surface area contributed by atoms with Gasteiger partial charge in [0, 0.05) is 19.5 Å². The summed E-state index contributed by atoms with van der Waals surface area (Å²) in [6.45, 7) is 4.78. The van der Waals surface area contributed by atoms with Crippen molar-refractivity contribution in [2.45, 2.75) is 6.42 Å². The number of thioether (sulfide) groups is 1. The molecule has 1 N–H and O–H groups in total. The van der Waals surface area contributed by atoms with E-state index in [1.807, 2.05) is 30.3 Å². The maximum Gasteiger partial charge on any atom is 0.266 e. The van der Waals surface area contributed by atoms with Crippen LogP contribution in [0, 0.1) is 0 Å². The molecule has 0 bridgehead atoms. The zero-order valence-electron chi connectivity index (χ0n) is 14.7. The van der Waals surface area contributed by atoms with Crippen molar-refractivity contribution in [3.63, 3.8) is 0 Å². The number of amides is 1. The molecule has 1 aromatic carbocycles. The van der Waals surface area contributed by atoms with Crippen LogP contribution in [0.4, 0.5) is 5.13 Å². The van der Waals surface area contributed by atoms with Gasteiger partial charge >= 0.3 is 0 Å². The third-order valence-electron chi connectivity index (χ3n) is 3.70. The van der Waals surface area contributed by atoms with Crippen molar-refractivity contribution in [1.82, 2.24) is 15.1 Å². The monoisotopic (exact) mass is 418 g/mol. The summed E-state index contributed by atoms with van der Waals surface area (Å²) < 4.78 is 5.71. The number of methoxy groups -OCH3 is 1. The van der Waals surface area contributed by atoms with Gasteiger partial charge < -0.3 is 10.1 Å². The molecule has 0 aliphatic carbocycles. The van der Waals surface area contributed by atoms with Crippen molar-refractivity contribution in [3.8, 4) is 5.75 Å². The topological polar surface area (TPSA) is 67.4 Å². The fourth-order valence-electron chi connectivity index (χ4n) is 2.34. The van der Waals surface area contributed by atoms with Gasteiger partial charge in [0.2, 0.25) is 5.13 Å². The Morgan fingerprint density at radius 3 is 2.81 bits per heavy atom. The molecular formula is C18H18N4O2S3. The van der Waals surface area contributed by atoms with E-state index >= 15 is 0 Å². The summed E-state index contributed by atoms with van der Waals surface area (Å²) in [5.41, 5.74) is 0.929. The molecule has 3 rings (SSSR count). The summed E-state index contributed by atoms with van der Waals surface area (Å²) >= 11 is 8.17. The summed E-state index contributed by atoms with van der Waals surface area (Å²) in [7, 11) is 1.62. The van der Waals surface area contributed by atoms with Crippen LogP contribution in [0.1, 0.15) is 10.6 Å². The number of benzene rings is 1. The van der Waals surface area contributed by atoms with Gasteiger partial charge in [-0.25, -0.2) is 0 Å². The molecule has 27 heavy (non-hydrogen) atoms. The van der Waals surface area contributed by atoms with E-state index in [0.717, 1.165) is 21.5 Å². The van der Waals surface area contributed by atoms with Crippen LogP contribution in [0.2, 0.25) is 0 Å². The lowest BCUT2D eigenvalue weighted by Gasteiger charge is -2.12. The standard InChI is InChI=1S/C18H18N4O2S3/c1-3-9-19-17-21-20-15(27-17)8-10-22-16(23)14(26-18(22)25)11-12-4-6-13(24-2)7-5-12/h3-7,11H,1,8-10H2,2H3,(H,19,21).